The second kappa shape index (κ2) is 4.64. The van der Waals surface area contributed by atoms with E-state index in [4.69, 9.17) is 4.74 Å². The summed E-state index contributed by atoms with van der Waals surface area (Å²) in [6.45, 7) is 0. The lowest BCUT2D eigenvalue weighted by Crippen LogP contribution is -2.26. The molecule has 19 heavy (non-hydrogen) atoms. The predicted octanol–water partition coefficient (Wildman–Crippen LogP) is 1.88. The van der Waals surface area contributed by atoms with Crippen molar-refractivity contribution < 1.29 is 19.4 Å². The number of rotatable bonds is 2. The summed E-state index contributed by atoms with van der Waals surface area (Å²) in [6.07, 6.45) is 1.32. The summed E-state index contributed by atoms with van der Waals surface area (Å²) in [6, 6.07) is 4.75. The van der Waals surface area contributed by atoms with Gasteiger partial charge in [0.05, 0.1) is 23.6 Å². The van der Waals surface area contributed by atoms with Gasteiger partial charge in [-0.1, -0.05) is 6.07 Å². The highest BCUT2D eigenvalue weighted by molar-refractivity contribution is 6.08. The molecule has 1 N–H and O–H groups in total. The molecule has 0 aliphatic carbocycles. The van der Waals surface area contributed by atoms with Gasteiger partial charge in [0, 0.05) is 20.3 Å². The van der Waals surface area contributed by atoms with Crippen LogP contribution in [0.1, 0.15) is 10.4 Å². The van der Waals surface area contributed by atoms with Crippen molar-refractivity contribution in [3.8, 4) is 5.75 Å². The Morgan fingerprint density at radius 3 is 2.53 bits per heavy atom. The molecule has 1 heterocycles. The van der Waals surface area contributed by atoms with Crippen LogP contribution < -0.4 is 4.74 Å². The molecule has 1 aromatic carbocycles. The lowest BCUT2D eigenvalue weighted by molar-refractivity contribution is 0.0698. The average molecular weight is 262 g/mol. The molecule has 2 rings (SSSR count). The number of fused-ring (bicyclic) bond motifs is 1. The van der Waals surface area contributed by atoms with Gasteiger partial charge in [0.1, 0.15) is 5.75 Å². The molecule has 1 aromatic heterocycles. The van der Waals surface area contributed by atoms with Crippen LogP contribution in [0.5, 0.6) is 5.75 Å². The second-order valence-electron chi connectivity index (χ2n) is 4.25. The molecule has 0 aliphatic rings. The van der Waals surface area contributed by atoms with Crippen molar-refractivity contribution in [3.63, 3.8) is 0 Å². The van der Waals surface area contributed by atoms with Crippen molar-refractivity contribution in [1.29, 1.82) is 0 Å². The standard InChI is InChI=1S/C13H14N2O4/c1-14(2)13(18)15-7-8(12(16)17)11-9(15)5-4-6-10(11)19-3/h4-7H,1-3H3,(H,16,17). The monoisotopic (exact) mass is 262 g/mol. The Labute approximate surface area is 109 Å². The SMILES string of the molecule is COc1cccc2c1c(C(=O)O)cn2C(=O)N(C)C. The van der Waals surface area contributed by atoms with Crippen molar-refractivity contribution in [1.82, 2.24) is 9.47 Å². The number of carbonyl (C=O) groups excluding carboxylic acids is 1. The molecule has 0 radical (unpaired) electrons. The third kappa shape index (κ3) is 2.01. The Hall–Kier alpha value is -2.50. The van der Waals surface area contributed by atoms with E-state index in [1.807, 2.05) is 0 Å². The highest BCUT2D eigenvalue weighted by atomic mass is 16.5. The Kier molecular flexibility index (Phi) is 3.16. The fraction of sp³-hybridized carbons (Fsp3) is 0.231. The zero-order chi connectivity index (χ0) is 14.2. The van der Waals surface area contributed by atoms with E-state index < -0.39 is 5.97 Å². The van der Waals surface area contributed by atoms with Gasteiger partial charge in [0.25, 0.3) is 0 Å². The molecular weight excluding hydrogens is 248 g/mol. The van der Waals surface area contributed by atoms with Crippen molar-refractivity contribution in [2.45, 2.75) is 0 Å². The number of benzene rings is 1. The number of hydrogen-bond acceptors (Lipinski definition) is 3. The quantitative estimate of drug-likeness (QED) is 0.896. The van der Waals surface area contributed by atoms with Crippen molar-refractivity contribution in [2.24, 2.45) is 0 Å². The molecule has 6 heteroatoms. The number of carboxylic acids is 1. The van der Waals surface area contributed by atoms with Crippen molar-refractivity contribution >= 4 is 22.9 Å². The molecule has 2 aromatic rings. The first-order valence-electron chi connectivity index (χ1n) is 5.60. The van der Waals surface area contributed by atoms with E-state index in [9.17, 15) is 14.7 Å². The van der Waals surface area contributed by atoms with Gasteiger partial charge in [0.2, 0.25) is 0 Å². The lowest BCUT2D eigenvalue weighted by Gasteiger charge is -2.11. The van der Waals surface area contributed by atoms with Crippen LogP contribution in [-0.4, -0.2) is 47.8 Å². The van der Waals surface area contributed by atoms with E-state index >= 15 is 0 Å². The zero-order valence-electron chi connectivity index (χ0n) is 10.9. The second-order valence-corrected chi connectivity index (χ2v) is 4.25. The Morgan fingerprint density at radius 1 is 1.32 bits per heavy atom. The summed E-state index contributed by atoms with van der Waals surface area (Å²) < 4.78 is 6.48. The maximum Gasteiger partial charge on any atom is 0.338 e. The molecule has 0 atom stereocenters. The van der Waals surface area contributed by atoms with Crippen molar-refractivity contribution in [2.75, 3.05) is 21.2 Å². The number of nitrogens with zero attached hydrogens (tertiary/aromatic N) is 2. The first-order valence-corrected chi connectivity index (χ1v) is 5.60. The molecular formula is C13H14N2O4. The minimum absolute atomic E-state index is 0.0441. The van der Waals surface area contributed by atoms with Gasteiger partial charge in [0.15, 0.2) is 0 Å². The number of amides is 1. The summed E-state index contributed by atoms with van der Waals surface area (Å²) >= 11 is 0. The summed E-state index contributed by atoms with van der Waals surface area (Å²) in [4.78, 5) is 24.7. The van der Waals surface area contributed by atoms with Crippen LogP contribution in [0.4, 0.5) is 4.79 Å². The third-order valence-corrected chi connectivity index (χ3v) is 2.83. The van der Waals surface area contributed by atoms with Gasteiger partial charge in [-0.15, -0.1) is 0 Å². The predicted molar refractivity (Wildman–Crippen MR) is 69.9 cm³/mol. The molecule has 0 bridgehead atoms. The summed E-state index contributed by atoms with van der Waals surface area (Å²) in [5, 5.41) is 9.67. The number of carbonyl (C=O) groups is 2. The van der Waals surface area contributed by atoms with E-state index in [0.29, 0.717) is 16.7 Å². The van der Waals surface area contributed by atoms with Crippen LogP contribution in [0, 0.1) is 0 Å². The molecule has 0 saturated heterocycles. The van der Waals surface area contributed by atoms with Gasteiger partial charge < -0.3 is 14.7 Å². The maximum absolute atomic E-state index is 12.0. The number of carboxylic acid groups (broad SMARTS) is 1. The Bertz CT molecular complexity index is 658. The smallest absolute Gasteiger partial charge is 0.338 e. The number of aromatic nitrogens is 1. The minimum atomic E-state index is -1.10. The summed E-state index contributed by atoms with van der Waals surface area (Å²) in [7, 11) is 4.68. The molecule has 0 aliphatic heterocycles. The van der Waals surface area contributed by atoms with Gasteiger partial charge in [-0.2, -0.15) is 0 Å². The molecule has 6 nitrogen and oxygen atoms in total. The molecule has 0 saturated carbocycles. The average Bonchev–Trinajstić information content (AvgIpc) is 2.77. The Balaban J connectivity index is 2.82. The normalized spacial score (nSPS) is 10.5. The van der Waals surface area contributed by atoms with Gasteiger partial charge >= 0.3 is 12.0 Å². The minimum Gasteiger partial charge on any atom is -0.496 e. The van der Waals surface area contributed by atoms with Crippen LogP contribution >= 0.6 is 0 Å². The maximum atomic E-state index is 12.0. The lowest BCUT2D eigenvalue weighted by atomic mass is 10.1. The van der Waals surface area contributed by atoms with Crippen LogP contribution in [0.2, 0.25) is 0 Å². The molecule has 0 fully saturated rings. The fourth-order valence-electron chi connectivity index (χ4n) is 1.96. The van der Waals surface area contributed by atoms with Gasteiger partial charge in [-0.3, -0.25) is 4.57 Å². The summed E-state index contributed by atoms with van der Waals surface area (Å²) in [5.74, 6) is -0.667. The number of aromatic carboxylic acids is 1. The fourth-order valence-corrected chi connectivity index (χ4v) is 1.96. The number of hydrogen-bond donors (Lipinski definition) is 1. The van der Waals surface area contributed by atoms with E-state index in [-0.39, 0.29) is 11.6 Å². The molecule has 0 unspecified atom stereocenters. The molecule has 1 amide bonds. The van der Waals surface area contributed by atoms with Crippen LogP contribution in [-0.2, 0) is 0 Å². The first kappa shape index (κ1) is 12.9. The summed E-state index contributed by atoms with van der Waals surface area (Å²) in [5.41, 5.74) is 0.554. The van der Waals surface area contributed by atoms with Gasteiger partial charge in [-0.25, -0.2) is 9.59 Å². The van der Waals surface area contributed by atoms with Crippen molar-refractivity contribution in [3.05, 3.63) is 30.0 Å². The van der Waals surface area contributed by atoms with E-state index in [1.165, 1.54) is 22.8 Å². The highest BCUT2D eigenvalue weighted by Gasteiger charge is 2.21. The largest absolute Gasteiger partial charge is 0.496 e. The van der Waals surface area contributed by atoms with E-state index in [2.05, 4.69) is 0 Å². The topological polar surface area (TPSA) is 71.8 Å². The van der Waals surface area contributed by atoms with Crippen LogP contribution in [0.3, 0.4) is 0 Å². The van der Waals surface area contributed by atoms with Gasteiger partial charge in [-0.05, 0) is 12.1 Å². The zero-order valence-corrected chi connectivity index (χ0v) is 10.9. The van der Waals surface area contributed by atoms with Crippen LogP contribution in [0.15, 0.2) is 24.4 Å². The Morgan fingerprint density at radius 2 is 2.00 bits per heavy atom. The number of ether oxygens (including phenoxy) is 1. The van der Waals surface area contributed by atoms with E-state index in [1.54, 1.807) is 32.3 Å². The first-order chi connectivity index (χ1) is 8.97. The van der Waals surface area contributed by atoms with Crippen LogP contribution in [0.25, 0.3) is 10.9 Å². The molecule has 0 spiro atoms. The molecule has 100 valence electrons. The number of methoxy groups -OCH3 is 1. The third-order valence-electron chi connectivity index (χ3n) is 2.83. The van der Waals surface area contributed by atoms with E-state index in [0.717, 1.165) is 0 Å². The highest BCUT2D eigenvalue weighted by Crippen LogP contribution is 2.30.